The molecule has 1 saturated heterocycles. The standard InChI is InChI=1S/C13H11FN6O6S2/c14-3-26-18-5(8-17-13(15)28-19-8)9(22)16-6-10(23)20-7(12(24)25)4(1-21)2-27-11(6)20/h1,6,11H,2-3H2,(H,16,22)(H,24,25)(H2,15,17,19)/b18-5-. The molecule has 4 N–H and O–H groups in total. The fourth-order valence-corrected chi connectivity index (χ4v) is 4.27. The summed E-state index contributed by atoms with van der Waals surface area (Å²) in [6, 6.07) is -1.09. The number of carbonyl (C=O) groups is 4. The van der Waals surface area contributed by atoms with E-state index in [2.05, 4.69) is 24.7 Å². The first-order valence-corrected chi connectivity index (χ1v) is 9.23. The summed E-state index contributed by atoms with van der Waals surface area (Å²) in [6.45, 7) is -1.31. The summed E-state index contributed by atoms with van der Waals surface area (Å²) in [4.78, 5) is 56.3. The van der Waals surface area contributed by atoms with E-state index in [0.29, 0.717) is 6.29 Å². The number of carboxylic acid groups (broad SMARTS) is 1. The number of alkyl halides is 1. The molecule has 0 aromatic carbocycles. The van der Waals surface area contributed by atoms with Crippen molar-refractivity contribution in [2.75, 3.05) is 18.3 Å². The van der Waals surface area contributed by atoms with Gasteiger partial charge in [-0.15, -0.1) is 11.8 Å². The Balaban J connectivity index is 1.80. The third-order valence-corrected chi connectivity index (χ3v) is 5.55. The third kappa shape index (κ3) is 3.40. The Morgan fingerprint density at radius 2 is 2.29 bits per heavy atom. The average molecular weight is 430 g/mol. The predicted molar refractivity (Wildman–Crippen MR) is 93.7 cm³/mol. The second kappa shape index (κ2) is 7.89. The summed E-state index contributed by atoms with van der Waals surface area (Å²) in [5.41, 5.74) is 4.50. The highest BCUT2D eigenvalue weighted by Crippen LogP contribution is 2.39. The van der Waals surface area contributed by atoms with E-state index in [0.717, 1.165) is 28.2 Å². The highest BCUT2D eigenvalue weighted by molar-refractivity contribution is 8.00. The largest absolute Gasteiger partial charge is 0.477 e. The van der Waals surface area contributed by atoms with Crippen LogP contribution < -0.4 is 11.1 Å². The number of hydrogen-bond donors (Lipinski definition) is 3. The Bertz CT molecular complexity index is 917. The highest BCUT2D eigenvalue weighted by Gasteiger charge is 2.54. The molecule has 2 amide bonds. The number of nitrogens with zero attached hydrogens (tertiary/aromatic N) is 4. The van der Waals surface area contributed by atoms with Gasteiger partial charge in [-0.3, -0.25) is 19.3 Å². The van der Waals surface area contributed by atoms with Gasteiger partial charge in [0.25, 0.3) is 18.7 Å². The van der Waals surface area contributed by atoms with Gasteiger partial charge in [-0.2, -0.15) is 9.36 Å². The van der Waals surface area contributed by atoms with Gasteiger partial charge >= 0.3 is 5.97 Å². The van der Waals surface area contributed by atoms with Crippen LogP contribution in [0.25, 0.3) is 0 Å². The number of thioether (sulfide) groups is 1. The summed E-state index contributed by atoms with van der Waals surface area (Å²) in [5.74, 6) is -3.25. The van der Waals surface area contributed by atoms with Crippen molar-refractivity contribution in [2.45, 2.75) is 11.4 Å². The Morgan fingerprint density at radius 3 is 2.86 bits per heavy atom. The average Bonchev–Trinajstić information content (AvgIpc) is 3.10. The molecule has 3 heterocycles. The molecule has 3 rings (SSSR count). The number of carbonyl (C=O) groups excluding carboxylic acids is 3. The van der Waals surface area contributed by atoms with Gasteiger partial charge in [0.2, 0.25) is 11.5 Å². The molecule has 0 aliphatic carbocycles. The van der Waals surface area contributed by atoms with Crippen LogP contribution in [0.2, 0.25) is 0 Å². The van der Waals surface area contributed by atoms with Crippen LogP contribution in [0.5, 0.6) is 0 Å². The number of halogens is 1. The molecule has 1 aromatic rings. The summed E-state index contributed by atoms with van der Waals surface area (Å²) >= 11 is 1.88. The molecule has 0 spiro atoms. The number of amides is 2. The second-order valence-electron chi connectivity index (χ2n) is 5.29. The van der Waals surface area contributed by atoms with Crippen molar-refractivity contribution < 1.29 is 33.5 Å². The van der Waals surface area contributed by atoms with Gasteiger partial charge in [0.15, 0.2) is 5.13 Å². The van der Waals surface area contributed by atoms with Crippen molar-refractivity contribution in [1.82, 2.24) is 19.6 Å². The minimum atomic E-state index is -1.42. The smallest absolute Gasteiger partial charge is 0.353 e. The Kier molecular flexibility index (Phi) is 5.55. The van der Waals surface area contributed by atoms with Gasteiger partial charge in [0, 0.05) is 22.9 Å². The molecule has 0 radical (unpaired) electrons. The van der Waals surface area contributed by atoms with Crippen molar-refractivity contribution in [3.8, 4) is 0 Å². The SMILES string of the molecule is Nc1nc(/C(=N/OCF)C(=O)NC2C(=O)N3C(C(=O)O)=C(C=O)CSC23)ns1. The van der Waals surface area contributed by atoms with E-state index in [1.807, 2.05) is 0 Å². The maximum atomic E-state index is 12.5. The lowest BCUT2D eigenvalue weighted by molar-refractivity contribution is -0.150. The number of fused-ring (bicyclic) bond motifs is 1. The van der Waals surface area contributed by atoms with Gasteiger partial charge in [0.05, 0.1) is 0 Å². The van der Waals surface area contributed by atoms with E-state index in [-0.39, 0.29) is 22.3 Å². The zero-order valence-electron chi connectivity index (χ0n) is 13.7. The van der Waals surface area contributed by atoms with Crippen molar-refractivity contribution in [3.63, 3.8) is 0 Å². The van der Waals surface area contributed by atoms with E-state index in [1.54, 1.807) is 0 Å². The highest BCUT2D eigenvalue weighted by atomic mass is 32.2. The molecule has 15 heteroatoms. The van der Waals surface area contributed by atoms with E-state index in [9.17, 15) is 28.7 Å². The Labute approximate surface area is 163 Å². The number of hydrogen-bond acceptors (Lipinski definition) is 11. The lowest BCUT2D eigenvalue weighted by Crippen LogP contribution is -2.71. The number of anilines is 1. The van der Waals surface area contributed by atoms with Crippen molar-refractivity contribution in [3.05, 3.63) is 17.1 Å². The van der Waals surface area contributed by atoms with Crippen molar-refractivity contribution >= 4 is 58.2 Å². The summed E-state index contributed by atoms with van der Waals surface area (Å²) in [6.07, 6.45) is 0.378. The minimum Gasteiger partial charge on any atom is -0.477 e. The molecule has 2 unspecified atom stereocenters. The van der Waals surface area contributed by atoms with Crippen LogP contribution >= 0.6 is 23.3 Å². The van der Waals surface area contributed by atoms with Gasteiger partial charge in [-0.1, -0.05) is 5.16 Å². The Morgan fingerprint density at radius 1 is 1.54 bits per heavy atom. The fourth-order valence-electron chi connectivity index (χ4n) is 2.55. The number of oxime groups is 1. The van der Waals surface area contributed by atoms with Crippen LogP contribution in [-0.2, 0) is 24.0 Å². The van der Waals surface area contributed by atoms with Crippen LogP contribution in [0.1, 0.15) is 5.82 Å². The number of carboxylic acids is 1. The summed E-state index contributed by atoms with van der Waals surface area (Å²) in [5, 5.41) is 14.3. The van der Waals surface area contributed by atoms with E-state index < -0.39 is 47.5 Å². The molecule has 12 nitrogen and oxygen atoms in total. The van der Waals surface area contributed by atoms with Crippen LogP contribution in [0.4, 0.5) is 9.52 Å². The molecule has 2 atom stereocenters. The molecule has 2 aliphatic heterocycles. The molecule has 148 valence electrons. The number of nitrogens with two attached hydrogens (primary N) is 1. The van der Waals surface area contributed by atoms with Crippen molar-refractivity contribution in [1.29, 1.82) is 0 Å². The van der Waals surface area contributed by atoms with Crippen LogP contribution in [0, 0.1) is 0 Å². The quantitative estimate of drug-likeness (QED) is 0.204. The lowest BCUT2D eigenvalue weighted by atomic mass is 10.0. The number of rotatable bonds is 7. The Hall–Kier alpha value is -3.07. The molecule has 1 fully saturated rings. The molecule has 28 heavy (non-hydrogen) atoms. The lowest BCUT2D eigenvalue weighted by Gasteiger charge is -2.48. The van der Waals surface area contributed by atoms with Gasteiger partial charge in [0.1, 0.15) is 23.4 Å². The van der Waals surface area contributed by atoms with E-state index in [4.69, 9.17) is 5.73 Å². The maximum Gasteiger partial charge on any atom is 0.353 e. The maximum absolute atomic E-state index is 12.5. The van der Waals surface area contributed by atoms with Crippen LogP contribution in [-0.4, -0.2) is 73.2 Å². The van der Waals surface area contributed by atoms with Gasteiger partial charge in [-0.25, -0.2) is 9.18 Å². The predicted octanol–water partition coefficient (Wildman–Crippen LogP) is -1.29. The second-order valence-corrected chi connectivity index (χ2v) is 7.18. The zero-order valence-corrected chi connectivity index (χ0v) is 15.3. The molecule has 1 aromatic heterocycles. The van der Waals surface area contributed by atoms with Gasteiger partial charge < -0.3 is 21.0 Å². The van der Waals surface area contributed by atoms with Crippen LogP contribution in [0.3, 0.4) is 0 Å². The first kappa shape index (κ1) is 19.7. The normalized spacial score (nSPS) is 21.7. The molecule has 0 saturated carbocycles. The molecule has 2 aliphatic rings. The number of nitrogens with one attached hydrogen (secondary N) is 1. The van der Waals surface area contributed by atoms with E-state index >= 15 is 0 Å². The molecular weight excluding hydrogens is 419 g/mol. The molecular formula is C13H11FN6O6S2. The van der Waals surface area contributed by atoms with Crippen molar-refractivity contribution in [2.24, 2.45) is 5.16 Å². The summed E-state index contributed by atoms with van der Waals surface area (Å²) < 4.78 is 16.1. The number of β-lactam (4-membered cyclic amide) rings is 1. The first-order chi connectivity index (χ1) is 13.4. The minimum absolute atomic E-state index is 0.0297. The summed E-state index contributed by atoms with van der Waals surface area (Å²) in [7, 11) is 0. The number of aliphatic carboxylic acids is 1. The van der Waals surface area contributed by atoms with Gasteiger partial charge in [-0.05, 0) is 0 Å². The first-order valence-electron chi connectivity index (χ1n) is 7.41. The topological polar surface area (TPSA) is 177 Å². The number of nitrogen functional groups attached to an aromatic ring is 1. The zero-order chi connectivity index (χ0) is 20.4. The monoisotopic (exact) mass is 430 g/mol. The number of aromatic nitrogens is 2. The van der Waals surface area contributed by atoms with E-state index in [1.165, 1.54) is 0 Å². The number of aldehydes is 1. The fraction of sp³-hybridized carbons (Fsp3) is 0.308. The molecule has 0 bridgehead atoms. The van der Waals surface area contributed by atoms with Crippen LogP contribution in [0.15, 0.2) is 16.4 Å². The third-order valence-electron chi connectivity index (χ3n) is 3.70.